The predicted molar refractivity (Wildman–Crippen MR) is 51.7 cm³/mol. The van der Waals surface area contributed by atoms with Crippen LogP contribution in [0.15, 0.2) is 24.3 Å². The Kier molecular flexibility index (Phi) is 2.50. The number of carboxylic acid groups (broad SMARTS) is 1. The van der Waals surface area contributed by atoms with Gasteiger partial charge < -0.3 is 5.11 Å². The maximum Gasteiger partial charge on any atom is 0.309 e. The molecule has 0 unspecified atom stereocenters. The van der Waals surface area contributed by atoms with Crippen molar-refractivity contribution >= 4 is 5.97 Å². The molecule has 1 radical (unpaired) electrons. The summed E-state index contributed by atoms with van der Waals surface area (Å²) in [5.74, 6) is -0.850. The molecule has 14 heavy (non-hydrogen) atoms. The molecule has 0 aromatic heterocycles. The van der Waals surface area contributed by atoms with Gasteiger partial charge in [0.1, 0.15) is 0 Å². The topological polar surface area (TPSA) is 40.5 Å². The van der Waals surface area contributed by atoms with E-state index >= 15 is 0 Å². The number of aliphatic carboxylic acids is 1. The van der Waals surface area contributed by atoms with Gasteiger partial charge in [-0.2, -0.15) is 0 Å². The minimum Gasteiger partial charge on any atom is -0.481 e. The van der Waals surface area contributed by atoms with Crippen LogP contribution in [0.2, 0.25) is 0 Å². The smallest absolute Gasteiger partial charge is 0.309 e. The van der Waals surface area contributed by atoms with E-state index in [9.17, 15) is 4.79 Å². The van der Waals surface area contributed by atoms with E-state index in [0.717, 1.165) is 12.1 Å². The number of carboxylic acids is 1. The van der Waals surface area contributed by atoms with Crippen molar-refractivity contribution in [1.82, 2.24) is 4.90 Å². The number of carbonyl (C=O) groups is 1. The first-order valence-electron chi connectivity index (χ1n) is 4.66. The second-order valence-electron chi connectivity index (χ2n) is 3.62. The minimum absolute atomic E-state index is 0.168. The van der Waals surface area contributed by atoms with Crippen LogP contribution in [0.25, 0.3) is 0 Å². The summed E-state index contributed by atoms with van der Waals surface area (Å²) in [6, 6.07) is 10.9. The third-order valence-corrected chi connectivity index (χ3v) is 2.47. The van der Waals surface area contributed by atoms with E-state index < -0.39 is 5.97 Å². The molecular weight excluding hydrogens is 178 g/mol. The summed E-state index contributed by atoms with van der Waals surface area (Å²) in [5.41, 5.74) is 1.12. The van der Waals surface area contributed by atoms with Gasteiger partial charge >= 0.3 is 5.97 Å². The van der Waals surface area contributed by atoms with E-state index in [1.165, 1.54) is 0 Å². The highest BCUT2D eigenvalue weighted by molar-refractivity contribution is 5.71. The lowest BCUT2D eigenvalue weighted by Crippen LogP contribution is -2.49. The first-order chi connectivity index (χ1) is 6.75. The average molecular weight is 190 g/mol. The molecule has 3 heteroatoms. The molecule has 0 atom stereocenters. The number of nitrogens with zero attached hydrogens (tertiary/aromatic N) is 1. The molecule has 0 aliphatic carbocycles. The van der Waals surface area contributed by atoms with Crippen LogP contribution in [0.1, 0.15) is 5.56 Å². The average Bonchev–Trinajstić information content (AvgIpc) is 2.12. The summed E-state index contributed by atoms with van der Waals surface area (Å²) in [4.78, 5) is 12.7. The summed E-state index contributed by atoms with van der Waals surface area (Å²) in [6.45, 7) is 2.14. The molecule has 1 heterocycles. The zero-order valence-electron chi connectivity index (χ0n) is 7.81. The maximum absolute atomic E-state index is 10.5. The van der Waals surface area contributed by atoms with E-state index in [1.807, 2.05) is 24.3 Å². The van der Waals surface area contributed by atoms with E-state index in [0.29, 0.717) is 13.1 Å². The lowest BCUT2D eigenvalue weighted by Gasteiger charge is -2.36. The number of benzene rings is 1. The highest BCUT2D eigenvalue weighted by Crippen LogP contribution is 2.18. The molecule has 0 spiro atoms. The van der Waals surface area contributed by atoms with Crippen molar-refractivity contribution in [2.24, 2.45) is 5.92 Å². The molecular formula is C11H12NO2. The summed E-state index contributed by atoms with van der Waals surface area (Å²) >= 11 is 0. The van der Waals surface area contributed by atoms with Crippen LogP contribution >= 0.6 is 0 Å². The Balaban J connectivity index is 1.82. The Morgan fingerprint density at radius 3 is 2.93 bits per heavy atom. The quantitative estimate of drug-likeness (QED) is 0.773. The second kappa shape index (κ2) is 3.80. The Morgan fingerprint density at radius 2 is 2.36 bits per heavy atom. The molecule has 1 aliphatic rings. The third-order valence-electron chi connectivity index (χ3n) is 2.47. The number of hydrogen-bond acceptors (Lipinski definition) is 2. The van der Waals surface area contributed by atoms with E-state index in [2.05, 4.69) is 11.0 Å². The largest absolute Gasteiger partial charge is 0.481 e. The van der Waals surface area contributed by atoms with Gasteiger partial charge in [0, 0.05) is 19.6 Å². The van der Waals surface area contributed by atoms with E-state index in [-0.39, 0.29) is 5.92 Å². The Labute approximate surface area is 83.0 Å². The monoisotopic (exact) mass is 190 g/mol. The molecule has 3 nitrogen and oxygen atoms in total. The van der Waals surface area contributed by atoms with Gasteiger partial charge in [-0.3, -0.25) is 9.69 Å². The maximum atomic E-state index is 10.5. The summed E-state index contributed by atoms with van der Waals surface area (Å²) in [5, 5.41) is 8.68. The lowest BCUT2D eigenvalue weighted by molar-refractivity contribution is -0.147. The SMILES string of the molecule is O=C(O)C1CN(Cc2[c]cccc2)C1. The van der Waals surface area contributed by atoms with Crippen LogP contribution < -0.4 is 0 Å². The second-order valence-corrected chi connectivity index (χ2v) is 3.62. The standard InChI is InChI=1S/C11H12NO2/c13-11(14)10-7-12(8-10)6-9-4-2-1-3-5-9/h1-4,10H,6-8H2,(H,13,14). The van der Waals surface area contributed by atoms with E-state index in [1.54, 1.807) is 0 Å². The van der Waals surface area contributed by atoms with Crippen molar-refractivity contribution < 1.29 is 9.90 Å². The molecule has 0 bridgehead atoms. The predicted octanol–water partition coefficient (Wildman–Crippen LogP) is 1.00. The zero-order valence-corrected chi connectivity index (χ0v) is 7.81. The van der Waals surface area contributed by atoms with Gasteiger partial charge in [-0.25, -0.2) is 0 Å². The summed E-state index contributed by atoms with van der Waals surface area (Å²) < 4.78 is 0. The van der Waals surface area contributed by atoms with Gasteiger partial charge in [0.25, 0.3) is 0 Å². The van der Waals surface area contributed by atoms with Crippen LogP contribution in [0.3, 0.4) is 0 Å². The van der Waals surface area contributed by atoms with Gasteiger partial charge in [0.05, 0.1) is 5.92 Å². The molecule has 2 rings (SSSR count). The minimum atomic E-state index is -0.682. The van der Waals surface area contributed by atoms with Gasteiger partial charge in [-0.1, -0.05) is 24.3 Å². The molecule has 0 saturated carbocycles. The van der Waals surface area contributed by atoms with Crippen LogP contribution in [0.5, 0.6) is 0 Å². The van der Waals surface area contributed by atoms with Crippen LogP contribution in [0, 0.1) is 12.0 Å². The van der Waals surface area contributed by atoms with Crippen LogP contribution in [-0.4, -0.2) is 29.1 Å². The lowest BCUT2D eigenvalue weighted by atomic mass is 10.00. The summed E-state index contributed by atoms with van der Waals surface area (Å²) in [6.07, 6.45) is 0. The fraction of sp³-hybridized carbons (Fsp3) is 0.364. The highest BCUT2D eigenvalue weighted by atomic mass is 16.4. The molecule has 1 fully saturated rings. The first kappa shape index (κ1) is 9.21. The van der Waals surface area contributed by atoms with Crippen molar-refractivity contribution in [2.75, 3.05) is 13.1 Å². The van der Waals surface area contributed by atoms with Gasteiger partial charge in [-0.05, 0) is 11.6 Å². The normalized spacial score (nSPS) is 17.7. The van der Waals surface area contributed by atoms with Crippen molar-refractivity contribution in [3.05, 3.63) is 35.9 Å². The number of hydrogen-bond donors (Lipinski definition) is 1. The molecule has 1 aliphatic heterocycles. The van der Waals surface area contributed by atoms with E-state index in [4.69, 9.17) is 5.11 Å². The summed E-state index contributed by atoms with van der Waals surface area (Å²) in [7, 11) is 0. The molecule has 1 N–H and O–H groups in total. The zero-order chi connectivity index (χ0) is 9.97. The number of likely N-dealkylation sites (tertiary alicyclic amines) is 1. The van der Waals surface area contributed by atoms with Gasteiger partial charge in [0.2, 0.25) is 0 Å². The van der Waals surface area contributed by atoms with Crippen LogP contribution in [0.4, 0.5) is 0 Å². The van der Waals surface area contributed by atoms with Crippen molar-refractivity contribution in [2.45, 2.75) is 6.54 Å². The first-order valence-corrected chi connectivity index (χ1v) is 4.66. The molecule has 1 aromatic rings. The Bertz CT molecular complexity index is 317. The number of rotatable bonds is 3. The Hall–Kier alpha value is -1.35. The fourth-order valence-electron chi connectivity index (χ4n) is 1.62. The third kappa shape index (κ3) is 1.93. The molecule has 0 amide bonds. The fourth-order valence-corrected chi connectivity index (χ4v) is 1.62. The Morgan fingerprint density at radius 1 is 1.57 bits per heavy atom. The van der Waals surface area contributed by atoms with Crippen molar-refractivity contribution in [3.63, 3.8) is 0 Å². The molecule has 1 saturated heterocycles. The van der Waals surface area contributed by atoms with Crippen molar-refractivity contribution in [1.29, 1.82) is 0 Å². The van der Waals surface area contributed by atoms with Crippen LogP contribution in [-0.2, 0) is 11.3 Å². The van der Waals surface area contributed by atoms with Gasteiger partial charge in [0.15, 0.2) is 0 Å². The van der Waals surface area contributed by atoms with Gasteiger partial charge in [-0.15, -0.1) is 0 Å². The van der Waals surface area contributed by atoms with Crippen molar-refractivity contribution in [3.8, 4) is 0 Å². The molecule has 1 aromatic carbocycles. The molecule has 73 valence electrons. The highest BCUT2D eigenvalue weighted by Gasteiger charge is 2.31.